The van der Waals surface area contributed by atoms with Crippen LogP contribution in [0.4, 0.5) is 0 Å². The Morgan fingerprint density at radius 2 is 1.04 bits per heavy atom. The zero-order valence-electron chi connectivity index (χ0n) is 25.6. The van der Waals surface area contributed by atoms with Crippen LogP contribution in [0.5, 0.6) is 0 Å². The molecule has 0 saturated carbocycles. The quantitative estimate of drug-likeness (QED) is 0.0389. The number of aromatic amines is 2. The van der Waals surface area contributed by atoms with Crippen LogP contribution in [0.25, 0.3) is 43.5 Å². The van der Waals surface area contributed by atoms with Gasteiger partial charge >= 0.3 is 0 Å². The first-order valence-corrected chi connectivity index (χ1v) is 15.6. The van der Waals surface area contributed by atoms with E-state index in [9.17, 15) is 0 Å². The third kappa shape index (κ3) is 10.3. The fraction of sp³-hybridized carbons (Fsp3) is 0.375. The molecule has 0 fully saturated rings. The molecule has 0 amide bonds. The average molecular weight is 715 g/mol. The van der Waals surface area contributed by atoms with Gasteiger partial charge in [-0.15, -0.1) is 61.0 Å². The van der Waals surface area contributed by atoms with Crippen molar-refractivity contribution in [3.63, 3.8) is 0 Å². The lowest BCUT2D eigenvalue weighted by Crippen LogP contribution is -2.24. The molecule has 2 aromatic carbocycles. The molecule has 0 saturated heterocycles. The van der Waals surface area contributed by atoms with E-state index in [-0.39, 0.29) is 49.6 Å². The summed E-state index contributed by atoms with van der Waals surface area (Å²) < 4.78 is 0. The molecule has 13 heteroatoms. The summed E-state index contributed by atoms with van der Waals surface area (Å²) >= 11 is 1.63. The standard InChI is InChI=1S/C32H40N8S.4ClH/c1-3-5-7-9-17-35-29(33)21-11-13-23-25(19-21)39-31(37-23)27-15-16-28(41-27)32-38-24-14-12-22(20-26(24)40-32)30(34)36-18-10-8-6-4-2;;;;/h11-16,19-20H,3-10,17-18H2,1-2H3,(H2,33,35)(H2,34,36)(H,37,39)(H,38,40);4*1H. The van der Waals surface area contributed by atoms with Crippen molar-refractivity contribution in [1.82, 2.24) is 30.6 Å². The monoisotopic (exact) mass is 712 g/mol. The van der Waals surface area contributed by atoms with Gasteiger partial charge in [-0.1, -0.05) is 52.4 Å². The molecule has 5 aromatic rings. The van der Waals surface area contributed by atoms with Crippen molar-refractivity contribution in [3.8, 4) is 21.4 Å². The van der Waals surface area contributed by atoms with Crippen LogP contribution in [-0.2, 0) is 0 Å². The van der Waals surface area contributed by atoms with Crippen LogP contribution in [0, 0.1) is 10.8 Å². The second kappa shape index (κ2) is 19.6. The second-order valence-corrected chi connectivity index (χ2v) is 11.6. The molecule has 0 aliphatic heterocycles. The van der Waals surface area contributed by atoms with Crippen molar-refractivity contribution in [1.29, 1.82) is 10.8 Å². The molecule has 45 heavy (non-hydrogen) atoms. The average Bonchev–Trinajstić information content (AvgIpc) is 3.73. The minimum Gasteiger partial charge on any atom is -0.370 e. The van der Waals surface area contributed by atoms with E-state index in [0.29, 0.717) is 11.7 Å². The topological polar surface area (TPSA) is 129 Å². The SMILES string of the molecule is CCCCCCNC(=N)c1ccc2[nH]c(-c3ccc(-c4nc5cc(C(=N)NCCCCCC)ccc5[nH]4)s3)nc2c1.Cl.Cl.Cl.Cl. The van der Waals surface area contributed by atoms with Crippen LogP contribution >= 0.6 is 61.0 Å². The lowest BCUT2D eigenvalue weighted by Gasteiger charge is -2.07. The van der Waals surface area contributed by atoms with Crippen molar-refractivity contribution < 1.29 is 0 Å². The normalized spacial score (nSPS) is 10.4. The number of thiophene rings is 1. The van der Waals surface area contributed by atoms with Gasteiger partial charge in [-0.3, -0.25) is 10.8 Å². The minimum absolute atomic E-state index is 0. The Kier molecular flexibility index (Phi) is 17.5. The molecule has 0 aliphatic carbocycles. The number of aromatic nitrogens is 4. The van der Waals surface area contributed by atoms with Crippen LogP contribution < -0.4 is 10.6 Å². The number of fused-ring (bicyclic) bond motifs is 2. The van der Waals surface area contributed by atoms with Gasteiger partial charge in [-0.25, -0.2) is 9.97 Å². The Labute approximate surface area is 294 Å². The predicted octanol–water partition coefficient (Wildman–Crippen LogP) is 9.51. The number of nitrogens with one attached hydrogen (secondary N) is 6. The van der Waals surface area contributed by atoms with Gasteiger partial charge in [0, 0.05) is 24.2 Å². The molecule has 0 aliphatic rings. The Hall–Kier alpha value is -2.82. The van der Waals surface area contributed by atoms with E-state index in [0.717, 1.165) is 80.5 Å². The molecule has 0 radical (unpaired) electrons. The zero-order chi connectivity index (χ0) is 28.6. The van der Waals surface area contributed by atoms with Crippen molar-refractivity contribution >= 4 is 94.7 Å². The summed E-state index contributed by atoms with van der Waals surface area (Å²) in [5.41, 5.74) is 5.29. The van der Waals surface area contributed by atoms with E-state index in [1.807, 2.05) is 36.4 Å². The van der Waals surface area contributed by atoms with Gasteiger partial charge in [0.2, 0.25) is 0 Å². The summed E-state index contributed by atoms with van der Waals surface area (Å²) in [6.07, 6.45) is 9.45. The van der Waals surface area contributed by atoms with E-state index in [1.54, 1.807) is 11.3 Å². The van der Waals surface area contributed by atoms with E-state index in [1.165, 1.54) is 38.5 Å². The predicted molar refractivity (Wildman–Crippen MR) is 201 cm³/mol. The summed E-state index contributed by atoms with van der Waals surface area (Å²) in [5, 5.41) is 23.3. The van der Waals surface area contributed by atoms with Gasteiger partial charge in [-0.2, -0.15) is 0 Å². The van der Waals surface area contributed by atoms with Crippen LogP contribution in [0.2, 0.25) is 0 Å². The Morgan fingerprint density at radius 1 is 0.622 bits per heavy atom. The number of unbranched alkanes of at least 4 members (excludes halogenated alkanes) is 6. The zero-order valence-corrected chi connectivity index (χ0v) is 29.7. The highest BCUT2D eigenvalue weighted by Gasteiger charge is 2.14. The third-order valence-corrected chi connectivity index (χ3v) is 8.38. The van der Waals surface area contributed by atoms with Crippen LogP contribution in [0.3, 0.4) is 0 Å². The molecule has 246 valence electrons. The number of benzene rings is 2. The molecule has 0 unspecified atom stereocenters. The highest BCUT2D eigenvalue weighted by molar-refractivity contribution is 7.18. The van der Waals surface area contributed by atoms with Gasteiger partial charge in [0.05, 0.1) is 31.8 Å². The van der Waals surface area contributed by atoms with Crippen molar-refractivity contribution in [2.75, 3.05) is 13.1 Å². The largest absolute Gasteiger partial charge is 0.370 e. The van der Waals surface area contributed by atoms with Gasteiger partial charge in [0.25, 0.3) is 0 Å². The summed E-state index contributed by atoms with van der Waals surface area (Å²) in [5.74, 6) is 2.50. The molecule has 3 aromatic heterocycles. The summed E-state index contributed by atoms with van der Waals surface area (Å²) in [6.45, 7) is 6.05. The molecule has 0 atom stereocenters. The van der Waals surface area contributed by atoms with Gasteiger partial charge in [0.1, 0.15) is 23.3 Å². The number of hydrogen-bond donors (Lipinski definition) is 6. The van der Waals surface area contributed by atoms with E-state index >= 15 is 0 Å². The van der Waals surface area contributed by atoms with Crippen LogP contribution in [0.1, 0.15) is 76.3 Å². The summed E-state index contributed by atoms with van der Waals surface area (Å²) in [7, 11) is 0. The fourth-order valence-corrected chi connectivity index (χ4v) is 5.78. The lowest BCUT2D eigenvalue weighted by atomic mass is 10.1. The highest BCUT2D eigenvalue weighted by Crippen LogP contribution is 2.34. The Bertz CT molecular complexity index is 1530. The molecule has 8 nitrogen and oxygen atoms in total. The van der Waals surface area contributed by atoms with Crippen molar-refractivity contribution in [3.05, 3.63) is 59.7 Å². The maximum absolute atomic E-state index is 8.42. The fourth-order valence-electron chi connectivity index (χ4n) is 4.88. The Balaban J connectivity index is 0.00000253. The minimum atomic E-state index is 0. The number of hydrogen-bond acceptors (Lipinski definition) is 5. The van der Waals surface area contributed by atoms with Crippen molar-refractivity contribution in [2.24, 2.45) is 0 Å². The lowest BCUT2D eigenvalue weighted by molar-refractivity contribution is 0.653. The highest BCUT2D eigenvalue weighted by atomic mass is 35.5. The maximum Gasteiger partial charge on any atom is 0.148 e. The number of H-pyrrole nitrogens is 2. The second-order valence-electron chi connectivity index (χ2n) is 10.5. The first-order chi connectivity index (χ1) is 20.1. The number of nitrogens with zero attached hydrogens (tertiary/aromatic N) is 2. The van der Waals surface area contributed by atoms with Gasteiger partial charge < -0.3 is 20.6 Å². The molecular weight excluding hydrogens is 670 g/mol. The van der Waals surface area contributed by atoms with Gasteiger partial charge in [0.15, 0.2) is 0 Å². The molecule has 3 heterocycles. The Morgan fingerprint density at radius 3 is 1.44 bits per heavy atom. The van der Waals surface area contributed by atoms with Gasteiger partial charge in [-0.05, 0) is 61.4 Å². The molecule has 5 rings (SSSR count). The molecule has 0 bridgehead atoms. The number of rotatable bonds is 14. The number of halogens is 4. The summed E-state index contributed by atoms with van der Waals surface area (Å²) in [6, 6.07) is 16.0. The van der Waals surface area contributed by atoms with Crippen molar-refractivity contribution in [2.45, 2.75) is 65.2 Å². The number of imidazole rings is 2. The number of amidine groups is 2. The first-order valence-electron chi connectivity index (χ1n) is 14.8. The molecule has 0 spiro atoms. The van der Waals surface area contributed by atoms with E-state index in [4.69, 9.17) is 20.8 Å². The maximum atomic E-state index is 8.42. The first kappa shape index (κ1) is 40.2. The van der Waals surface area contributed by atoms with E-state index in [2.05, 4.69) is 46.6 Å². The molecule has 6 N–H and O–H groups in total. The van der Waals surface area contributed by atoms with E-state index < -0.39 is 0 Å². The summed E-state index contributed by atoms with van der Waals surface area (Å²) in [4.78, 5) is 18.6. The van der Waals surface area contributed by atoms with Crippen LogP contribution in [0.15, 0.2) is 48.5 Å². The van der Waals surface area contributed by atoms with Crippen LogP contribution in [-0.4, -0.2) is 44.7 Å². The molecular formula is C32H44Cl4N8S. The smallest absolute Gasteiger partial charge is 0.148 e. The third-order valence-electron chi connectivity index (χ3n) is 7.28.